The molecular formula is C14H21N5S. The van der Waals surface area contributed by atoms with Gasteiger partial charge in [0.05, 0.1) is 0 Å². The molecule has 0 spiro atoms. The molecule has 108 valence electrons. The van der Waals surface area contributed by atoms with Crippen molar-refractivity contribution in [3.8, 4) is 0 Å². The fourth-order valence-corrected chi connectivity index (χ4v) is 2.56. The average Bonchev–Trinajstić information content (AvgIpc) is 2.78. The number of rotatable bonds is 6. The van der Waals surface area contributed by atoms with Gasteiger partial charge in [-0.1, -0.05) is 19.9 Å². The lowest BCUT2D eigenvalue weighted by Gasteiger charge is -2.09. The van der Waals surface area contributed by atoms with E-state index in [0.717, 1.165) is 23.3 Å². The summed E-state index contributed by atoms with van der Waals surface area (Å²) in [6.07, 6.45) is 3.63. The predicted octanol–water partition coefficient (Wildman–Crippen LogP) is 2.42. The third-order valence-electron chi connectivity index (χ3n) is 2.83. The molecule has 5 nitrogen and oxygen atoms in total. The van der Waals surface area contributed by atoms with Crippen molar-refractivity contribution >= 4 is 11.8 Å². The van der Waals surface area contributed by atoms with Gasteiger partial charge < -0.3 is 9.88 Å². The van der Waals surface area contributed by atoms with Crippen LogP contribution >= 0.6 is 11.8 Å². The Hall–Kier alpha value is -1.40. The van der Waals surface area contributed by atoms with Crippen LogP contribution in [-0.2, 0) is 13.6 Å². The second-order valence-corrected chi connectivity index (χ2v) is 6.27. The van der Waals surface area contributed by atoms with E-state index in [0.29, 0.717) is 5.92 Å². The van der Waals surface area contributed by atoms with Gasteiger partial charge in [0.15, 0.2) is 5.16 Å². The minimum absolute atomic E-state index is 0.662. The first-order chi connectivity index (χ1) is 9.56. The van der Waals surface area contributed by atoms with Crippen LogP contribution in [0.2, 0.25) is 0 Å². The Morgan fingerprint density at radius 2 is 2.20 bits per heavy atom. The van der Waals surface area contributed by atoms with Gasteiger partial charge in [0.2, 0.25) is 0 Å². The Labute approximate surface area is 124 Å². The van der Waals surface area contributed by atoms with Crippen LogP contribution < -0.4 is 5.32 Å². The number of nitrogens with one attached hydrogen (secondary N) is 1. The first kappa shape index (κ1) is 15.0. The standard InChI is InChI=1S/C14H21N5S/c1-10(2)6-15-7-12-5-11(3)13(16-8-12)20-14-18-17-9-19(14)4/h5,8-10,15H,6-7H2,1-4H3. The quantitative estimate of drug-likeness (QED) is 0.886. The molecule has 2 rings (SSSR count). The van der Waals surface area contributed by atoms with Crippen LogP contribution in [-0.4, -0.2) is 26.3 Å². The molecule has 0 aromatic carbocycles. The predicted molar refractivity (Wildman–Crippen MR) is 80.6 cm³/mol. The molecular weight excluding hydrogens is 270 g/mol. The molecule has 0 unspecified atom stereocenters. The molecule has 0 aliphatic heterocycles. The van der Waals surface area contributed by atoms with E-state index in [1.807, 2.05) is 17.8 Å². The molecule has 1 N–H and O–H groups in total. The van der Waals surface area contributed by atoms with Crippen LogP contribution in [0.15, 0.2) is 28.8 Å². The molecule has 0 saturated carbocycles. The Balaban J connectivity index is 2.01. The zero-order valence-electron chi connectivity index (χ0n) is 12.4. The number of hydrogen-bond donors (Lipinski definition) is 1. The second-order valence-electron chi connectivity index (χ2n) is 5.32. The summed E-state index contributed by atoms with van der Waals surface area (Å²) >= 11 is 1.54. The third kappa shape index (κ3) is 4.05. The summed E-state index contributed by atoms with van der Waals surface area (Å²) in [5.41, 5.74) is 2.38. The van der Waals surface area contributed by atoms with Gasteiger partial charge in [-0.2, -0.15) is 0 Å². The minimum Gasteiger partial charge on any atom is -0.312 e. The minimum atomic E-state index is 0.662. The number of aryl methyl sites for hydroxylation is 2. The number of hydrogen-bond acceptors (Lipinski definition) is 5. The van der Waals surface area contributed by atoms with Crippen LogP contribution in [0.4, 0.5) is 0 Å². The average molecular weight is 291 g/mol. The first-order valence-corrected chi connectivity index (χ1v) is 7.56. The van der Waals surface area contributed by atoms with E-state index in [9.17, 15) is 0 Å². The highest BCUT2D eigenvalue weighted by Gasteiger charge is 2.08. The Bertz CT molecular complexity index is 564. The lowest BCUT2D eigenvalue weighted by Crippen LogP contribution is -2.19. The van der Waals surface area contributed by atoms with Crippen molar-refractivity contribution < 1.29 is 0 Å². The molecule has 0 saturated heterocycles. The first-order valence-electron chi connectivity index (χ1n) is 6.74. The molecule has 2 aromatic rings. The largest absolute Gasteiger partial charge is 0.312 e. The molecule has 2 heterocycles. The monoisotopic (exact) mass is 291 g/mol. The van der Waals surface area contributed by atoms with E-state index in [1.54, 1.807) is 18.1 Å². The maximum Gasteiger partial charge on any atom is 0.197 e. The molecule has 0 aliphatic carbocycles. The van der Waals surface area contributed by atoms with Crippen LogP contribution in [0.1, 0.15) is 25.0 Å². The Morgan fingerprint density at radius 1 is 1.40 bits per heavy atom. The van der Waals surface area contributed by atoms with E-state index in [-0.39, 0.29) is 0 Å². The van der Waals surface area contributed by atoms with Gasteiger partial charge in [-0.15, -0.1) is 10.2 Å². The summed E-state index contributed by atoms with van der Waals surface area (Å²) in [7, 11) is 1.93. The van der Waals surface area contributed by atoms with Gasteiger partial charge in [0, 0.05) is 19.8 Å². The van der Waals surface area contributed by atoms with Crippen molar-refractivity contribution in [3.63, 3.8) is 0 Å². The second kappa shape index (κ2) is 6.85. The van der Waals surface area contributed by atoms with Gasteiger partial charge in [0.1, 0.15) is 11.4 Å². The zero-order chi connectivity index (χ0) is 14.5. The molecule has 0 radical (unpaired) electrons. The molecule has 20 heavy (non-hydrogen) atoms. The molecule has 0 bridgehead atoms. The lowest BCUT2D eigenvalue weighted by atomic mass is 10.2. The smallest absolute Gasteiger partial charge is 0.197 e. The van der Waals surface area contributed by atoms with Gasteiger partial charge >= 0.3 is 0 Å². The van der Waals surface area contributed by atoms with E-state index >= 15 is 0 Å². The van der Waals surface area contributed by atoms with Crippen molar-refractivity contribution in [1.29, 1.82) is 0 Å². The van der Waals surface area contributed by atoms with Crippen LogP contribution in [0.5, 0.6) is 0 Å². The van der Waals surface area contributed by atoms with E-state index in [1.165, 1.54) is 11.1 Å². The molecule has 2 aromatic heterocycles. The number of pyridine rings is 1. The summed E-state index contributed by atoms with van der Waals surface area (Å²) in [6, 6.07) is 2.18. The van der Waals surface area contributed by atoms with Gasteiger partial charge in [-0.25, -0.2) is 4.98 Å². The van der Waals surface area contributed by atoms with Crippen LogP contribution in [0.25, 0.3) is 0 Å². The number of nitrogens with zero attached hydrogens (tertiary/aromatic N) is 4. The summed E-state index contributed by atoms with van der Waals surface area (Å²) in [4.78, 5) is 4.53. The third-order valence-corrected chi connectivity index (χ3v) is 4.00. The van der Waals surface area contributed by atoms with E-state index < -0.39 is 0 Å². The SMILES string of the molecule is Cc1cc(CNCC(C)C)cnc1Sc1nncn1C. The van der Waals surface area contributed by atoms with Crippen LogP contribution in [0.3, 0.4) is 0 Å². The van der Waals surface area contributed by atoms with Gasteiger partial charge in [-0.05, 0) is 42.3 Å². The fourth-order valence-electron chi connectivity index (χ4n) is 1.78. The molecule has 6 heteroatoms. The highest BCUT2D eigenvalue weighted by Crippen LogP contribution is 2.26. The summed E-state index contributed by atoms with van der Waals surface area (Å²) in [5, 5.41) is 13.2. The normalized spacial score (nSPS) is 11.2. The topological polar surface area (TPSA) is 55.6 Å². The van der Waals surface area contributed by atoms with Crippen molar-refractivity contribution in [2.24, 2.45) is 13.0 Å². The van der Waals surface area contributed by atoms with E-state index in [4.69, 9.17) is 0 Å². The summed E-state index contributed by atoms with van der Waals surface area (Å²) in [6.45, 7) is 8.38. The van der Waals surface area contributed by atoms with Crippen molar-refractivity contribution in [2.45, 2.75) is 37.5 Å². The lowest BCUT2D eigenvalue weighted by molar-refractivity contribution is 0.551. The highest BCUT2D eigenvalue weighted by atomic mass is 32.2. The summed E-state index contributed by atoms with van der Waals surface area (Å²) in [5.74, 6) is 0.662. The van der Waals surface area contributed by atoms with Gasteiger partial charge in [-0.3, -0.25) is 0 Å². The zero-order valence-corrected chi connectivity index (χ0v) is 13.2. The maximum absolute atomic E-state index is 4.53. The van der Waals surface area contributed by atoms with Crippen molar-refractivity contribution in [2.75, 3.05) is 6.54 Å². The van der Waals surface area contributed by atoms with Crippen molar-refractivity contribution in [1.82, 2.24) is 25.1 Å². The molecule has 0 fully saturated rings. The molecule has 0 aliphatic rings. The van der Waals surface area contributed by atoms with Gasteiger partial charge in [0.25, 0.3) is 0 Å². The fraction of sp³-hybridized carbons (Fsp3) is 0.500. The highest BCUT2D eigenvalue weighted by molar-refractivity contribution is 7.99. The Kier molecular flexibility index (Phi) is 5.14. The molecule has 0 atom stereocenters. The van der Waals surface area contributed by atoms with Crippen LogP contribution in [0, 0.1) is 12.8 Å². The molecule has 0 amide bonds. The van der Waals surface area contributed by atoms with E-state index in [2.05, 4.69) is 47.3 Å². The Morgan fingerprint density at radius 3 is 2.80 bits per heavy atom. The number of aromatic nitrogens is 4. The summed E-state index contributed by atoms with van der Waals surface area (Å²) < 4.78 is 1.89. The van der Waals surface area contributed by atoms with Crippen molar-refractivity contribution in [3.05, 3.63) is 29.7 Å². The maximum atomic E-state index is 4.53.